The van der Waals surface area contributed by atoms with Crippen LogP contribution in [0, 0.1) is 18.7 Å². The molecule has 2 rings (SSSR count). The summed E-state index contributed by atoms with van der Waals surface area (Å²) in [5.41, 5.74) is 6.24. The molecule has 0 aliphatic heterocycles. The summed E-state index contributed by atoms with van der Waals surface area (Å²) in [6.07, 6.45) is 0. The predicted molar refractivity (Wildman–Crippen MR) is 98.9 cm³/mol. The highest BCUT2D eigenvalue weighted by molar-refractivity contribution is 7.92. The van der Waals surface area contributed by atoms with E-state index in [4.69, 9.17) is 5.73 Å². The highest BCUT2D eigenvalue weighted by atomic mass is 32.2. The fourth-order valence-electron chi connectivity index (χ4n) is 2.21. The van der Waals surface area contributed by atoms with Gasteiger partial charge in [-0.1, -0.05) is 25.1 Å². The molecule has 0 saturated carbocycles. The first-order chi connectivity index (χ1) is 12.2. The van der Waals surface area contributed by atoms with E-state index < -0.39 is 15.8 Å². The van der Waals surface area contributed by atoms with Crippen LogP contribution >= 0.6 is 0 Å². The zero-order chi connectivity index (χ0) is 19.3. The van der Waals surface area contributed by atoms with E-state index >= 15 is 0 Å². The molecule has 140 valence electrons. The Morgan fingerprint density at radius 1 is 1.23 bits per heavy atom. The van der Waals surface area contributed by atoms with Crippen LogP contribution in [0.1, 0.15) is 22.8 Å². The number of halogens is 1. The van der Waals surface area contributed by atoms with E-state index in [1.807, 2.05) is 6.92 Å². The van der Waals surface area contributed by atoms with Crippen molar-refractivity contribution in [1.29, 1.82) is 0 Å². The lowest BCUT2D eigenvalue weighted by Crippen LogP contribution is -2.31. The first-order valence-electron chi connectivity index (χ1n) is 8.11. The second-order valence-electron chi connectivity index (χ2n) is 6.11. The van der Waals surface area contributed by atoms with Gasteiger partial charge in [0, 0.05) is 12.1 Å². The third kappa shape index (κ3) is 4.80. The van der Waals surface area contributed by atoms with Gasteiger partial charge in [0.2, 0.25) is 0 Å². The van der Waals surface area contributed by atoms with Crippen molar-refractivity contribution in [2.24, 2.45) is 11.7 Å². The predicted octanol–water partition coefficient (Wildman–Crippen LogP) is 2.26. The fourth-order valence-corrected chi connectivity index (χ4v) is 3.30. The van der Waals surface area contributed by atoms with Gasteiger partial charge in [-0.3, -0.25) is 9.52 Å². The Balaban J connectivity index is 2.27. The van der Waals surface area contributed by atoms with Gasteiger partial charge in [-0.2, -0.15) is 0 Å². The number of nitrogens with two attached hydrogens (primary N) is 1. The highest BCUT2D eigenvalue weighted by Gasteiger charge is 2.19. The molecule has 0 aliphatic rings. The Hall–Kier alpha value is -2.45. The number of sulfonamides is 1. The molecule has 0 bridgehead atoms. The van der Waals surface area contributed by atoms with E-state index in [-0.39, 0.29) is 28.0 Å². The number of anilines is 1. The zero-order valence-corrected chi connectivity index (χ0v) is 15.4. The van der Waals surface area contributed by atoms with Crippen molar-refractivity contribution in [2.45, 2.75) is 18.7 Å². The molecule has 2 aromatic carbocycles. The number of carbonyl (C=O) groups excluding carboxylic acids is 1. The van der Waals surface area contributed by atoms with Crippen molar-refractivity contribution in [3.63, 3.8) is 0 Å². The van der Waals surface area contributed by atoms with Crippen molar-refractivity contribution in [3.8, 4) is 0 Å². The lowest BCUT2D eigenvalue weighted by molar-refractivity contribution is 0.0947. The van der Waals surface area contributed by atoms with Crippen LogP contribution < -0.4 is 15.8 Å². The minimum Gasteiger partial charge on any atom is -0.352 e. The number of hydrogen-bond acceptors (Lipinski definition) is 4. The third-order valence-electron chi connectivity index (χ3n) is 3.90. The van der Waals surface area contributed by atoms with Crippen LogP contribution in [0.2, 0.25) is 0 Å². The summed E-state index contributed by atoms with van der Waals surface area (Å²) in [7, 11) is -4.03. The largest absolute Gasteiger partial charge is 0.352 e. The van der Waals surface area contributed by atoms with Crippen LogP contribution in [-0.4, -0.2) is 27.4 Å². The zero-order valence-electron chi connectivity index (χ0n) is 14.6. The maximum absolute atomic E-state index is 13.7. The number of nitrogens with one attached hydrogen (secondary N) is 2. The molecular formula is C18H22FN3O3S. The van der Waals surface area contributed by atoms with Gasteiger partial charge in [0.1, 0.15) is 5.82 Å². The van der Waals surface area contributed by atoms with Crippen LogP contribution in [0.5, 0.6) is 0 Å². The number of aryl methyl sites for hydroxylation is 1. The van der Waals surface area contributed by atoms with Gasteiger partial charge in [-0.05, 0) is 49.2 Å². The molecule has 26 heavy (non-hydrogen) atoms. The fraction of sp³-hybridized carbons (Fsp3) is 0.278. The average Bonchev–Trinajstić information content (AvgIpc) is 2.61. The second-order valence-corrected chi connectivity index (χ2v) is 7.80. The average molecular weight is 379 g/mol. The van der Waals surface area contributed by atoms with Crippen LogP contribution in [0.15, 0.2) is 47.4 Å². The lowest BCUT2D eigenvalue weighted by atomic mass is 10.1. The maximum atomic E-state index is 13.7. The molecular weight excluding hydrogens is 357 g/mol. The number of rotatable bonds is 7. The quantitative estimate of drug-likeness (QED) is 0.687. The molecule has 8 heteroatoms. The highest BCUT2D eigenvalue weighted by Crippen LogP contribution is 2.21. The number of hydrogen-bond donors (Lipinski definition) is 3. The minimum atomic E-state index is -4.03. The van der Waals surface area contributed by atoms with Gasteiger partial charge in [-0.25, -0.2) is 12.8 Å². The standard InChI is InChI=1S/C18H22FN3O3S/c1-12(10-20)11-21-18(23)15-9-14(8-7-13(15)2)26(24,25)22-17-6-4-3-5-16(17)19/h3-9,12,22H,10-11,20H2,1-2H3,(H,21,23). The van der Waals surface area contributed by atoms with Crippen molar-refractivity contribution in [3.05, 3.63) is 59.4 Å². The molecule has 1 amide bonds. The Labute approximate surface area is 152 Å². The van der Waals surface area contributed by atoms with Gasteiger partial charge in [0.15, 0.2) is 0 Å². The molecule has 2 aromatic rings. The molecule has 0 spiro atoms. The van der Waals surface area contributed by atoms with Crippen LogP contribution in [0.3, 0.4) is 0 Å². The molecule has 0 aromatic heterocycles. The van der Waals surface area contributed by atoms with E-state index in [1.165, 1.54) is 36.4 Å². The molecule has 0 fully saturated rings. The third-order valence-corrected chi connectivity index (χ3v) is 5.26. The molecule has 4 N–H and O–H groups in total. The molecule has 0 heterocycles. The van der Waals surface area contributed by atoms with E-state index in [9.17, 15) is 17.6 Å². The van der Waals surface area contributed by atoms with Gasteiger partial charge in [-0.15, -0.1) is 0 Å². The van der Waals surface area contributed by atoms with Crippen molar-refractivity contribution in [1.82, 2.24) is 5.32 Å². The molecule has 1 atom stereocenters. The van der Waals surface area contributed by atoms with Crippen LogP contribution in [-0.2, 0) is 10.0 Å². The summed E-state index contributed by atoms with van der Waals surface area (Å²) >= 11 is 0. The van der Waals surface area contributed by atoms with Crippen LogP contribution in [0.4, 0.5) is 10.1 Å². The first-order valence-corrected chi connectivity index (χ1v) is 9.59. The summed E-state index contributed by atoms with van der Waals surface area (Å²) in [6.45, 7) is 4.42. The maximum Gasteiger partial charge on any atom is 0.262 e. The number of benzene rings is 2. The van der Waals surface area contributed by atoms with E-state index in [0.29, 0.717) is 18.7 Å². The Kier molecular flexibility index (Phi) is 6.33. The van der Waals surface area contributed by atoms with Crippen molar-refractivity contribution >= 4 is 21.6 Å². The topological polar surface area (TPSA) is 101 Å². The van der Waals surface area contributed by atoms with E-state index in [0.717, 1.165) is 6.07 Å². The van der Waals surface area contributed by atoms with Crippen molar-refractivity contribution in [2.75, 3.05) is 17.8 Å². The van der Waals surface area contributed by atoms with Crippen molar-refractivity contribution < 1.29 is 17.6 Å². The van der Waals surface area contributed by atoms with Gasteiger partial charge < -0.3 is 11.1 Å². The first kappa shape index (κ1) is 19.9. The van der Waals surface area contributed by atoms with Gasteiger partial charge in [0.05, 0.1) is 10.6 Å². The van der Waals surface area contributed by atoms with E-state index in [2.05, 4.69) is 10.0 Å². The SMILES string of the molecule is Cc1ccc(S(=O)(=O)Nc2ccccc2F)cc1C(=O)NCC(C)CN. The van der Waals surface area contributed by atoms with Crippen LogP contribution in [0.25, 0.3) is 0 Å². The van der Waals surface area contributed by atoms with Gasteiger partial charge >= 0.3 is 0 Å². The Morgan fingerprint density at radius 3 is 2.58 bits per heavy atom. The summed E-state index contributed by atoms with van der Waals surface area (Å²) in [4.78, 5) is 12.2. The van der Waals surface area contributed by atoms with Gasteiger partial charge in [0.25, 0.3) is 15.9 Å². The smallest absolute Gasteiger partial charge is 0.262 e. The molecule has 1 unspecified atom stereocenters. The summed E-state index contributed by atoms with van der Waals surface area (Å²) < 4.78 is 41.0. The lowest BCUT2D eigenvalue weighted by Gasteiger charge is -2.13. The summed E-state index contributed by atoms with van der Waals surface area (Å²) in [5, 5.41) is 2.73. The number of carbonyl (C=O) groups is 1. The number of amides is 1. The Morgan fingerprint density at radius 2 is 1.92 bits per heavy atom. The monoisotopic (exact) mass is 379 g/mol. The summed E-state index contributed by atoms with van der Waals surface area (Å²) in [5.74, 6) is -0.962. The Bertz CT molecular complexity index is 900. The second kappa shape index (κ2) is 8.29. The minimum absolute atomic E-state index is 0.105. The van der Waals surface area contributed by atoms with E-state index in [1.54, 1.807) is 6.92 Å². The molecule has 6 nitrogen and oxygen atoms in total. The molecule has 0 aliphatic carbocycles. The normalized spacial score (nSPS) is 12.5. The molecule has 0 saturated heterocycles. The number of para-hydroxylation sites is 1. The summed E-state index contributed by atoms with van der Waals surface area (Å²) in [6, 6.07) is 9.65. The molecule has 0 radical (unpaired) electrons.